The highest BCUT2D eigenvalue weighted by Crippen LogP contribution is 2.23. The van der Waals surface area contributed by atoms with Crippen molar-refractivity contribution in [2.75, 3.05) is 33.2 Å². The van der Waals surface area contributed by atoms with Gasteiger partial charge in [0.2, 0.25) is 0 Å². The lowest BCUT2D eigenvalue weighted by molar-refractivity contribution is 0.0685. The van der Waals surface area contributed by atoms with E-state index in [1.165, 1.54) is 0 Å². The van der Waals surface area contributed by atoms with Gasteiger partial charge in [0.05, 0.1) is 12.8 Å². The van der Waals surface area contributed by atoms with Crippen molar-refractivity contribution in [2.24, 2.45) is 7.05 Å². The molecule has 9 heteroatoms. The predicted octanol–water partition coefficient (Wildman–Crippen LogP) is 2.15. The number of aromatic nitrogens is 3. The van der Waals surface area contributed by atoms with Gasteiger partial charge < -0.3 is 29.7 Å². The Balaban J connectivity index is 0.00000166. The maximum atomic E-state index is 11.8. The summed E-state index contributed by atoms with van der Waals surface area (Å²) in [6.07, 6.45) is 1.71. The van der Waals surface area contributed by atoms with Crippen LogP contribution in [0.25, 0.3) is 11.4 Å². The van der Waals surface area contributed by atoms with Crippen molar-refractivity contribution in [3.8, 4) is 17.1 Å². The van der Waals surface area contributed by atoms with Crippen LogP contribution < -0.4 is 15.0 Å². The van der Waals surface area contributed by atoms with E-state index in [4.69, 9.17) is 9.84 Å². The van der Waals surface area contributed by atoms with Crippen molar-refractivity contribution < 1.29 is 19.7 Å². The molecule has 0 aliphatic heterocycles. The number of aromatic carboxylic acids is 1. The van der Waals surface area contributed by atoms with Crippen LogP contribution in [-0.4, -0.2) is 59.0 Å². The fourth-order valence-corrected chi connectivity index (χ4v) is 3.06. The summed E-state index contributed by atoms with van der Waals surface area (Å²) in [4.78, 5) is 22.7. The Bertz CT molecular complexity index is 982. The molecule has 0 aliphatic carbocycles. The van der Waals surface area contributed by atoms with Gasteiger partial charge in [-0.1, -0.05) is 12.1 Å². The SMILES string of the molecule is CO.COc1ccc(CNCc2nc(-c3ccc(N(C)C)nc3)n(C)c2C(=O)O)cc1. The average Bonchev–Trinajstić information content (AvgIpc) is 3.12. The molecule has 0 amide bonds. The Labute approximate surface area is 182 Å². The number of anilines is 1. The van der Waals surface area contributed by atoms with E-state index in [-0.39, 0.29) is 5.69 Å². The van der Waals surface area contributed by atoms with Crippen molar-refractivity contribution in [1.29, 1.82) is 0 Å². The Hall–Kier alpha value is -3.43. The average molecular weight is 428 g/mol. The third-order valence-electron chi connectivity index (χ3n) is 4.61. The highest BCUT2D eigenvalue weighted by Gasteiger charge is 2.21. The zero-order chi connectivity index (χ0) is 23.0. The summed E-state index contributed by atoms with van der Waals surface area (Å²) in [5, 5.41) is 19.9. The number of hydrogen-bond donors (Lipinski definition) is 3. The zero-order valence-electron chi connectivity index (χ0n) is 18.5. The first-order valence-electron chi connectivity index (χ1n) is 9.61. The molecule has 0 spiro atoms. The molecule has 0 unspecified atom stereocenters. The van der Waals surface area contributed by atoms with Crippen LogP contribution in [0.2, 0.25) is 0 Å². The lowest BCUT2D eigenvalue weighted by Crippen LogP contribution is -2.16. The lowest BCUT2D eigenvalue weighted by Gasteiger charge is -2.11. The van der Waals surface area contributed by atoms with Crippen LogP contribution in [0.4, 0.5) is 5.82 Å². The first kappa shape index (κ1) is 23.8. The van der Waals surface area contributed by atoms with Gasteiger partial charge >= 0.3 is 5.97 Å². The Morgan fingerprint density at radius 2 is 1.81 bits per heavy atom. The number of aliphatic hydroxyl groups is 1. The molecule has 0 saturated heterocycles. The summed E-state index contributed by atoms with van der Waals surface area (Å²) >= 11 is 0. The number of imidazole rings is 1. The lowest BCUT2D eigenvalue weighted by atomic mass is 10.2. The minimum absolute atomic E-state index is 0.166. The maximum absolute atomic E-state index is 11.8. The van der Waals surface area contributed by atoms with Crippen molar-refractivity contribution in [3.63, 3.8) is 0 Å². The number of rotatable bonds is 8. The summed E-state index contributed by atoms with van der Waals surface area (Å²) < 4.78 is 6.75. The van der Waals surface area contributed by atoms with E-state index in [0.717, 1.165) is 29.8 Å². The Morgan fingerprint density at radius 3 is 2.32 bits per heavy atom. The van der Waals surface area contributed by atoms with E-state index < -0.39 is 5.97 Å². The second-order valence-corrected chi connectivity index (χ2v) is 6.85. The van der Waals surface area contributed by atoms with Crippen LogP contribution in [-0.2, 0) is 20.1 Å². The van der Waals surface area contributed by atoms with E-state index in [0.29, 0.717) is 24.6 Å². The maximum Gasteiger partial charge on any atom is 0.354 e. The van der Waals surface area contributed by atoms with E-state index in [1.54, 1.807) is 24.9 Å². The van der Waals surface area contributed by atoms with Crippen LogP contribution in [0, 0.1) is 0 Å². The van der Waals surface area contributed by atoms with Gasteiger partial charge in [0.15, 0.2) is 5.69 Å². The van der Waals surface area contributed by atoms with Crippen LogP contribution in [0.15, 0.2) is 42.6 Å². The molecule has 166 valence electrons. The van der Waals surface area contributed by atoms with Crippen molar-refractivity contribution in [3.05, 3.63) is 59.5 Å². The summed E-state index contributed by atoms with van der Waals surface area (Å²) in [6.45, 7) is 0.929. The second-order valence-electron chi connectivity index (χ2n) is 6.85. The van der Waals surface area contributed by atoms with Gasteiger partial charge in [-0.15, -0.1) is 0 Å². The quantitative estimate of drug-likeness (QED) is 0.501. The van der Waals surface area contributed by atoms with Crippen molar-refractivity contribution >= 4 is 11.8 Å². The number of ether oxygens (including phenoxy) is 1. The van der Waals surface area contributed by atoms with Gasteiger partial charge in [-0.25, -0.2) is 14.8 Å². The first-order valence-corrected chi connectivity index (χ1v) is 9.61. The number of pyridine rings is 1. The molecule has 0 bridgehead atoms. The van der Waals surface area contributed by atoms with E-state index in [2.05, 4.69) is 15.3 Å². The van der Waals surface area contributed by atoms with E-state index in [9.17, 15) is 9.90 Å². The summed E-state index contributed by atoms with van der Waals surface area (Å²) in [6, 6.07) is 11.5. The minimum atomic E-state index is -1.01. The summed E-state index contributed by atoms with van der Waals surface area (Å²) in [5.41, 5.74) is 2.49. The molecule has 3 N–H and O–H groups in total. The van der Waals surface area contributed by atoms with Gasteiger partial charge in [0.1, 0.15) is 17.4 Å². The number of benzene rings is 1. The molecule has 0 radical (unpaired) electrons. The molecule has 1 aromatic carbocycles. The molecular weight excluding hydrogens is 398 g/mol. The molecule has 0 saturated carbocycles. The number of carboxylic acids is 1. The fourth-order valence-electron chi connectivity index (χ4n) is 3.06. The molecule has 0 atom stereocenters. The van der Waals surface area contributed by atoms with Gasteiger partial charge in [0, 0.05) is 53.1 Å². The third-order valence-corrected chi connectivity index (χ3v) is 4.61. The first-order chi connectivity index (χ1) is 14.9. The normalized spacial score (nSPS) is 10.3. The zero-order valence-corrected chi connectivity index (χ0v) is 18.5. The molecule has 0 fully saturated rings. The fraction of sp³-hybridized carbons (Fsp3) is 0.318. The summed E-state index contributed by atoms with van der Waals surface area (Å²) in [7, 11) is 8.16. The molecule has 3 rings (SSSR count). The van der Waals surface area contributed by atoms with Gasteiger partial charge in [-0.3, -0.25) is 0 Å². The van der Waals surface area contributed by atoms with Crippen molar-refractivity contribution in [2.45, 2.75) is 13.1 Å². The summed E-state index contributed by atoms with van der Waals surface area (Å²) in [5.74, 6) is 1.18. The smallest absolute Gasteiger partial charge is 0.354 e. The van der Waals surface area contributed by atoms with Crippen LogP contribution in [0.3, 0.4) is 0 Å². The van der Waals surface area contributed by atoms with Crippen LogP contribution in [0.1, 0.15) is 21.7 Å². The highest BCUT2D eigenvalue weighted by atomic mass is 16.5. The molecule has 2 aromatic heterocycles. The highest BCUT2D eigenvalue weighted by molar-refractivity contribution is 5.88. The Kier molecular flexibility index (Phi) is 8.53. The standard InChI is InChI=1S/C21H25N5O3.CH4O/c1-25(2)18-10-7-15(12-23-18)20-24-17(19(21(27)28)26(20)3)13-22-11-14-5-8-16(29-4)9-6-14;1-2/h5-10,12,22H,11,13H2,1-4H3,(H,27,28);2H,1H3. The third kappa shape index (κ3) is 5.80. The predicted molar refractivity (Wildman–Crippen MR) is 119 cm³/mol. The van der Waals surface area contributed by atoms with Gasteiger partial charge in [-0.05, 0) is 29.8 Å². The van der Waals surface area contributed by atoms with Crippen LogP contribution in [0.5, 0.6) is 5.75 Å². The number of carboxylic acid groups (broad SMARTS) is 1. The molecule has 2 heterocycles. The number of aliphatic hydroxyl groups excluding tert-OH is 1. The van der Waals surface area contributed by atoms with Gasteiger partial charge in [0.25, 0.3) is 0 Å². The topological polar surface area (TPSA) is 113 Å². The monoisotopic (exact) mass is 427 g/mol. The van der Waals surface area contributed by atoms with E-state index >= 15 is 0 Å². The molecule has 0 aliphatic rings. The van der Waals surface area contributed by atoms with E-state index in [1.807, 2.05) is 55.4 Å². The van der Waals surface area contributed by atoms with Gasteiger partial charge in [-0.2, -0.15) is 0 Å². The second kappa shape index (κ2) is 11.1. The largest absolute Gasteiger partial charge is 0.497 e. The molecular formula is C22H29N5O4. The number of hydrogen-bond acceptors (Lipinski definition) is 7. The number of carbonyl (C=O) groups is 1. The number of nitrogens with zero attached hydrogens (tertiary/aromatic N) is 4. The molecule has 9 nitrogen and oxygen atoms in total. The molecule has 3 aromatic rings. The van der Waals surface area contributed by atoms with Crippen LogP contribution >= 0.6 is 0 Å². The number of methoxy groups -OCH3 is 1. The molecule has 31 heavy (non-hydrogen) atoms. The minimum Gasteiger partial charge on any atom is -0.497 e. The Morgan fingerprint density at radius 1 is 1.13 bits per heavy atom. The number of nitrogens with one attached hydrogen (secondary N) is 1. The van der Waals surface area contributed by atoms with Crippen molar-refractivity contribution in [1.82, 2.24) is 19.9 Å².